The first kappa shape index (κ1) is 17.7. The van der Waals surface area contributed by atoms with Crippen LogP contribution in [0, 0.1) is 0 Å². The molecule has 1 N–H and O–H groups in total. The van der Waals surface area contributed by atoms with Crippen molar-refractivity contribution in [1.82, 2.24) is 9.88 Å². The molecule has 2 heterocycles. The molecule has 0 saturated heterocycles. The van der Waals surface area contributed by atoms with E-state index in [1.165, 1.54) is 6.92 Å². The predicted octanol–water partition coefficient (Wildman–Crippen LogP) is 2.23. The summed E-state index contributed by atoms with van der Waals surface area (Å²) in [6.45, 7) is 3.21. The number of anilines is 1. The van der Waals surface area contributed by atoms with E-state index in [4.69, 9.17) is 9.47 Å². The molecule has 1 aromatic heterocycles. The second kappa shape index (κ2) is 8.33. The van der Waals surface area contributed by atoms with Gasteiger partial charge in [0.05, 0.1) is 12.2 Å². The molecule has 0 saturated carbocycles. The number of carbonyl (C=O) groups excluding carboxylic acids is 2. The van der Waals surface area contributed by atoms with Crippen LogP contribution in [0.4, 0.5) is 5.69 Å². The number of nitrogens with zero attached hydrogens (tertiary/aromatic N) is 2. The van der Waals surface area contributed by atoms with Gasteiger partial charge in [-0.3, -0.25) is 14.6 Å². The molecule has 3 rings (SSSR count). The van der Waals surface area contributed by atoms with Gasteiger partial charge in [0.15, 0.2) is 11.5 Å². The summed E-state index contributed by atoms with van der Waals surface area (Å²) in [4.78, 5) is 29.9. The second-order valence-corrected chi connectivity index (χ2v) is 5.92. The van der Waals surface area contributed by atoms with Crippen LogP contribution in [0.1, 0.15) is 19.0 Å². The van der Waals surface area contributed by atoms with Crippen molar-refractivity contribution in [3.63, 3.8) is 0 Å². The maximum atomic E-state index is 12.2. The van der Waals surface area contributed by atoms with Crippen molar-refractivity contribution in [2.75, 3.05) is 25.1 Å². The number of ether oxygens (including phenoxy) is 2. The maximum Gasteiger partial charge on any atom is 0.226 e. The Morgan fingerprint density at radius 3 is 2.69 bits per heavy atom. The number of nitrogens with one attached hydrogen (secondary N) is 1. The summed E-state index contributed by atoms with van der Waals surface area (Å²) in [5.41, 5.74) is 1.42. The molecule has 0 unspecified atom stereocenters. The molecule has 26 heavy (non-hydrogen) atoms. The van der Waals surface area contributed by atoms with Crippen LogP contribution >= 0.6 is 0 Å². The highest BCUT2D eigenvalue weighted by Gasteiger charge is 2.15. The molecule has 0 bridgehead atoms. The quantitative estimate of drug-likeness (QED) is 0.859. The van der Waals surface area contributed by atoms with Crippen molar-refractivity contribution in [2.45, 2.75) is 19.9 Å². The fraction of sp³-hybridized carbons (Fsp3) is 0.316. The molecule has 2 amide bonds. The number of rotatable bonds is 6. The van der Waals surface area contributed by atoms with Crippen molar-refractivity contribution in [3.8, 4) is 11.5 Å². The molecule has 1 aliphatic heterocycles. The Bertz CT molecular complexity index is 780. The molecule has 136 valence electrons. The van der Waals surface area contributed by atoms with E-state index >= 15 is 0 Å². The van der Waals surface area contributed by atoms with Gasteiger partial charge >= 0.3 is 0 Å². The lowest BCUT2D eigenvalue weighted by atomic mass is 10.2. The maximum absolute atomic E-state index is 12.2. The lowest BCUT2D eigenvalue weighted by Crippen LogP contribution is -2.31. The van der Waals surface area contributed by atoms with Gasteiger partial charge in [0, 0.05) is 37.8 Å². The van der Waals surface area contributed by atoms with Crippen LogP contribution in [0.3, 0.4) is 0 Å². The Balaban J connectivity index is 1.54. The molecule has 1 aromatic carbocycles. The third-order valence-corrected chi connectivity index (χ3v) is 3.96. The van der Waals surface area contributed by atoms with Crippen molar-refractivity contribution in [1.29, 1.82) is 0 Å². The first-order valence-electron chi connectivity index (χ1n) is 8.47. The Kier molecular flexibility index (Phi) is 5.68. The first-order valence-corrected chi connectivity index (χ1v) is 8.47. The third-order valence-electron chi connectivity index (χ3n) is 3.96. The van der Waals surface area contributed by atoms with Crippen molar-refractivity contribution >= 4 is 17.5 Å². The standard InChI is InChI=1S/C19H21N3O4/c1-14(23)22(13-16-4-2-3-8-20-16)9-7-19(24)21-15-5-6-17-18(12-15)26-11-10-25-17/h2-6,8,12H,7,9-11,13H2,1H3,(H,21,24). The average molecular weight is 355 g/mol. The van der Waals surface area contributed by atoms with E-state index in [2.05, 4.69) is 10.3 Å². The van der Waals surface area contributed by atoms with Gasteiger partial charge in [0.2, 0.25) is 11.8 Å². The molecule has 2 aromatic rings. The van der Waals surface area contributed by atoms with Crippen LogP contribution in [0.15, 0.2) is 42.6 Å². The summed E-state index contributed by atoms with van der Waals surface area (Å²) in [6, 6.07) is 10.8. The Labute approximate surface area is 151 Å². The van der Waals surface area contributed by atoms with Gasteiger partial charge in [-0.1, -0.05) is 6.07 Å². The van der Waals surface area contributed by atoms with Gasteiger partial charge in [-0.05, 0) is 24.3 Å². The zero-order valence-corrected chi connectivity index (χ0v) is 14.6. The fourth-order valence-corrected chi connectivity index (χ4v) is 2.62. The number of pyridine rings is 1. The minimum Gasteiger partial charge on any atom is -0.486 e. The molecule has 7 nitrogen and oxygen atoms in total. The summed E-state index contributed by atoms with van der Waals surface area (Å²) in [6.07, 6.45) is 1.88. The van der Waals surface area contributed by atoms with Gasteiger partial charge in [0.1, 0.15) is 13.2 Å². The molecule has 0 atom stereocenters. The molecule has 1 aliphatic rings. The van der Waals surface area contributed by atoms with Crippen LogP contribution in [-0.4, -0.2) is 41.5 Å². The summed E-state index contributed by atoms with van der Waals surface area (Å²) >= 11 is 0. The predicted molar refractivity (Wildman–Crippen MR) is 96.0 cm³/mol. The van der Waals surface area contributed by atoms with Gasteiger partial charge in [0.25, 0.3) is 0 Å². The second-order valence-electron chi connectivity index (χ2n) is 5.92. The van der Waals surface area contributed by atoms with Gasteiger partial charge in [-0.25, -0.2) is 0 Å². The lowest BCUT2D eigenvalue weighted by molar-refractivity contribution is -0.130. The van der Waals surface area contributed by atoms with E-state index in [0.717, 1.165) is 5.69 Å². The summed E-state index contributed by atoms with van der Waals surface area (Å²) in [5, 5.41) is 2.82. The number of amides is 2. The first-order chi connectivity index (χ1) is 12.6. The molecule has 0 spiro atoms. The van der Waals surface area contributed by atoms with Gasteiger partial charge < -0.3 is 19.7 Å². The molecule has 0 aliphatic carbocycles. The van der Waals surface area contributed by atoms with Crippen molar-refractivity contribution in [3.05, 3.63) is 48.3 Å². The van der Waals surface area contributed by atoms with Crippen LogP contribution < -0.4 is 14.8 Å². The molecule has 0 radical (unpaired) electrons. The van der Waals surface area contributed by atoms with Crippen molar-refractivity contribution < 1.29 is 19.1 Å². The van der Waals surface area contributed by atoms with E-state index in [0.29, 0.717) is 43.5 Å². The third kappa shape index (κ3) is 4.72. The summed E-state index contributed by atoms with van der Waals surface area (Å²) in [5.74, 6) is 1.03. The van der Waals surface area contributed by atoms with Crippen molar-refractivity contribution in [2.24, 2.45) is 0 Å². The monoisotopic (exact) mass is 355 g/mol. The average Bonchev–Trinajstić information content (AvgIpc) is 2.65. The summed E-state index contributed by atoms with van der Waals surface area (Å²) < 4.78 is 11.0. The van der Waals surface area contributed by atoms with E-state index in [1.54, 1.807) is 29.3 Å². The van der Waals surface area contributed by atoms with Crippen LogP contribution in [0.25, 0.3) is 0 Å². The normalized spacial score (nSPS) is 12.3. The zero-order chi connectivity index (χ0) is 18.4. The zero-order valence-electron chi connectivity index (χ0n) is 14.6. The van der Waals surface area contributed by atoms with Crippen LogP contribution in [-0.2, 0) is 16.1 Å². The van der Waals surface area contributed by atoms with E-state index in [-0.39, 0.29) is 18.2 Å². The summed E-state index contributed by atoms with van der Waals surface area (Å²) in [7, 11) is 0. The number of fused-ring (bicyclic) bond motifs is 1. The largest absolute Gasteiger partial charge is 0.486 e. The lowest BCUT2D eigenvalue weighted by Gasteiger charge is -2.21. The highest BCUT2D eigenvalue weighted by molar-refractivity contribution is 5.91. The number of aromatic nitrogens is 1. The Morgan fingerprint density at radius 2 is 1.96 bits per heavy atom. The number of hydrogen-bond donors (Lipinski definition) is 1. The van der Waals surface area contributed by atoms with Crippen LogP contribution in [0.5, 0.6) is 11.5 Å². The topological polar surface area (TPSA) is 80.8 Å². The smallest absolute Gasteiger partial charge is 0.226 e. The minimum atomic E-state index is -0.172. The van der Waals surface area contributed by atoms with E-state index in [1.807, 2.05) is 18.2 Å². The molecule has 7 heteroatoms. The van der Waals surface area contributed by atoms with Gasteiger partial charge in [-0.15, -0.1) is 0 Å². The highest BCUT2D eigenvalue weighted by Crippen LogP contribution is 2.32. The molecular weight excluding hydrogens is 334 g/mol. The highest BCUT2D eigenvalue weighted by atomic mass is 16.6. The number of hydrogen-bond acceptors (Lipinski definition) is 5. The molecule has 0 fully saturated rings. The SMILES string of the molecule is CC(=O)N(CCC(=O)Nc1ccc2c(c1)OCCO2)Cc1ccccn1. The van der Waals surface area contributed by atoms with Gasteiger partial charge in [-0.2, -0.15) is 0 Å². The van der Waals surface area contributed by atoms with E-state index < -0.39 is 0 Å². The number of carbonyl (C=O) groups is 2. The number of benzene rings is 1. The van der Waals surface area contributed by atoms with E-state index in [9.17, 15) is 9.59 Å². The van der Waals surface area contributed by atoms with Crippen LogP contribution in [0.2, 0.25) is 0 Å². The Hall–Kier alpha value is -3.09. The molecular formula is C19H21N3O4. The Morgan fingerprint density at radius 1 is 1.15 bits per heavy atom. The minimum absolute atomic E-state index is 0.0946. The fourth-order valence-electron chi connectivity index (χ4n) is 2.62.